The second-order valence-corrected chi connectivity index (χ2v) is 4.76. The Labute approximate surface area is 120 Å². The van der Waals surface area contributed by atoms with Crippen LogP contribution in [0.1, 0.15) is 11.1 Å². The van der Waals surface area contributed by atoms with E-state index in [4.69, 9.17) is 33.0 Å². The van der Waals surface area contributed by atoms with E-state index < -0.39 is 0 Å². The monoisotopic (exact) mass is 300 g/mol. The molecule has 0 saturated carbocycles. The van der Waals surface area contributed by atoms with E-state index in [0.29, 0.717) is 26.9 Å². The molecule has 0 aromatic heterocycles. The van der Waals surface area contributed by atoms with Crippen LogP contribution in [-0.4, -0.2) is 5.11 Å². The molecule has 0 spiro atoms. The Morgan fingerprint density at radius 3 is 2.47 bits per heavy atom. The lowest BCUT2D eigenvalue weighted by molar-refractivity contribution is 0.281. The molecule has 2 rings (SSSR count). The van der Waals surface area contributed by atoms with Crippen molar-refractivity contribution in [3.63, 3.8) is 0 Å². The molecule has 1 N–H and O–H groups in total. The number of rotatable bonds is 4. The van der Waals surface area contributed by atoms with Crippen molar-refractivity contribution in [2.75, 3.05) is 0 Å². The van der Waals surface area contributed by atoms with Gasteiger partial charge in [-0.05, 0) is 29.8 Å². The number of aliphatic hydroxyl groups excluding tert-OH is 1. The van der Waals surface area contributed by atoms with Gasteiger partial charge in [0.25, 0.3) is 0 Å². The smallest absolute Gasteiger partial charge is 0.138 e. The largest absolute Gasteiger partial charge is 0.487 e. The maximum absolute atomic E-state index is 12.9. The van der Waals surface area contributed by atoms with Crippen molar-refractivity contribution in [2.24, 2.45) is 0 Å². The molecule has 19 heavy (non-hydrogen) atoms. The number of hydrogen-bond donors (Lipinski definition) is 1. The summed E-state index contributed by atoms with van der Waals surface area (Å²) in [7, 11) is 0. The Bertz CT molecular complexity index is 588. The molecule has 2 aromatic rings. The molecule has 2 nitrogen and oxygen atoms in total. The van der Waals surface area contributed by atoms with Crippen LogP contribution in [0.5, 0.6) is 5.75 Å². The Morgan fingerprint density at radius 2 is 1.84 bits per heavy atom. The molecule has 100 valence electrons. The summed E-state index contributed by atoms with van der Waals surface area (Å²) in [4.78, 5) is 0. The van der Waals surface area contributed by atoms with Gasteiger partial charge in [-0.25, -0.2) is 4.39 Å². The van der Waals surface area contributed by atoms with Crippen molar-refractivity contribution in [3.8, 4) is 5.75 Å². The SMILES string of the molecule is OCc1ccc(OCc2ccc(F)cc2Cl)c(Cl)c1. The molecule has 0 bridgehead atoms. The second-order valence-electron chi connectivity index (χ2n) is 3.95. The second kappa shape index (κ2) is 6.24. The molecule has 0 atom stereocenters. The van der Waals surface area contributed by atoms with E-state index >= 15 is 0 Å². The minimum atomic E-state index is -0.390. The van der Waals surface area contributed by atoms with Gasteiger partial charge >= 0.3 is 0 Å². The van der Waals surface area contributed by atoms with Gasteiger partial charge in [0.05, 0.1) is 16.7 Å². The average Bonchev–Trinajstić information content (AvgIpc) is 2.39. The van der Waals surface area contributed by atoms with E-state index in [1.807, 2.05) is 0 Å². The molecule has 0 unspecified atom stereocenters. The fourth-order valence-electron chi connectivity index (χ4n) is 1.55. The first kappa shape index (κ1) is 14.1. The number of halogens is 3. The van der Waals surface area contributed by atoms with E-state index in [-0.39, 0.29) is 19.0 Å². The summed E-state index contributed by atoms with van der Waals surface area (Å²) in [6.45, 7) is 0.112. The molecule has 0 amide bonds. The Morgan fingerprint density at radius 1 is 1.05 bits per heavy atom. The molecule has 2 aromatic carbocycles. The average molecular weight is 301 g/mol. The third-order valence-corrected chi connectivity index (χ3v) is 3.22. The lowest BCUT2D eigenvalue weighted by atomic mass is 10.2. The lowest BCUT2D eigenvalue weighted by Crippen LogP contribution is -1.97. The Kier molecular flexibility index (Phi) is 4.64. The Balaban J connectivity index is 2.10. The van der Waals surface area contributed by atoms with Crippen molar-refractivity contribution < 1.29 is 14.2 Å². The fourth-order valence-corrected chi connectivity index (χ4v) is 2.03. The van der Waals surface area contributed by atoms with Crippen LogP contribution in [0.2, 0.25) is 10.0 Å². The van der Waals surface area contributed by atoms with Crippen LogP contribution in [0, 0.1) is 5.82 Å². The van der Waals surface area contributed by atoms with Gasteiger partial charge in [-0.3, -0.25) is 0 Å². The molecule has 5 heteroatoms. The van der Waals surface area contributed by atoms with E-state index in [9.17, 15) is 4.39 Å². The zero-order valence-electron chi connectivity index (χ0n) is 9.87. The van der Waals surface area contributed by atoms with E-state index in [1.165, 1.54) is 12.1 Å². The van der Waals surface area contributed by atoms with Crippen LogP contribution in [0.3, 0.4) is 0 Å². The molecule has 0 saturated heterocycles. The zero-order valence-corrected chi connectivity index (χ0v) is 11.4. The van der Waals surface area contributed by atoms with Crippen molar-refractivity contribution in [2.45, 2.75) is 13.2 Å². The summed E-state index contributed by atoms with van der Waals surface area (Å²) in [6.07, 6.45) is 0. The van der Waals surface area contributed by atoms with Gasteiger partial charge in [-0.15, -0.1) is 0 Å². The third kappa shape index (κ3) is 3.60. The maximum atomic E-state index is 12.9. The highest BCUT2D eigenvalue weighted by molar-refractivity contribution is 6.32. The molecule has 0 aliphatic carbocycles. The van der Waals surface area contributed by atoms with Gasteiger partial charge in [-0.1, -0.05) is 35.3 Å². The molecule has 0 heterocycles. The summed E-state index contributed by atoms with van der Waals surface area (Å²) in [5.41, 5.74) is 1.38. The Hall–Kier alpha value is -1.29. The summed E-state index contributed by atoms with van der Waals surface area (Å²) < 4.78 is 18.4. The van der Waals surface area contributed by atoms with Crippen LogP contribution in [0.4, 0.5) is 4.39 Å². The van der Waals surface area contributed by atoms with Gasteiger partial charge in [-0.2, -0.15) is 0 Å². The highest BCUT2D eigenvalue weighted by Crippen LogP contribution is 2.27. The van der Waals surface area contributed by atoms with Crippen LogP contribution in [0.25, 0.3) is 0 Å². The topological polar surface area (TPSA) is 29.5 Å². The number of hydrogen-bond acceptors (Lipinski definition) is 2. The van der Waals surface area contributed by atoms with Crippen LogP contribution >= 0.6 is 23.2 Å². The van der Waals surface area contributed by atoms with E-state index in [1.54, 1.807) is 24.3 Å². The van der Waals surface area contributed by atoms with Crippen LogP contribution < -0.4 is 4.74 Å². The van der Waals surface area contributed by atoms with Crippen LogP contribution in [0.15, 0.2) is 36.4 Å². The van der Waals surface area contributed by atoms with Gasteiger partial charge in [0.1, 0.15) is 18.2 Å². The van der Waals surface area contributed by atoms with Crippen molar-refractivity contribution >= 4 is 23.2 Å². The first-order valence-corrected chi connectivity index (χ1v) is 6.32. The van der Waals surface area contributed by atoms with Crippen molar-refractivity contribution in [1.29, 1.82) is 0 Å². The standard InChI is InChI=1S/C14H11Cl2FO2/c15-12-6-11(17)3-2-10(12)8-19-14-4-1-9(7-18)5-13(14)16/h1-6,18H,7-8H2. The molecule has 0 aliphatic heterocycles. The number of aliphatic hydroxyl groups is 1. The molecule has 0 fully saturated rings. The van der Waals surface area contributed by atoms with Gasteiger partial charge in [0.15, 0.2) is 0 Å². The highest BCUT2D eigenvalue weighted by atomic mass is 35.5. The predicted molar refractivity (Wildman–Crippen MR) is 73.1 cm³/mol. The van der Waals surface area contributed by atoms with E-state index in [0.717, 1.165) is 0 Å². The minimum Gasteiger partial charge on any atom is -0.487 e. The van der Waals surface area contributed by atoms with Gasteiger partial charge in [0.2, 0.25) is 0 Å². The van der Waals surface area contributed by atoms with E-state index in [2.05, 4.69) is 0 Å². The van der Waals surface area contributed by atoms with Gasteiger partial charge in [0, 0.05) is 5.56 Å². The highest BCUT2D eigenvalue weighted by Gasteiger charge is 2.06. The van der Waals surface area contributed by atoms with Gasteiger partial charge < -0.3 is 9.84 Å². The summed E-state index contributed by atoms with van der Waals surface area (Å²) in [5.74, 6) is 0.0957. The molecule has 0 aliphatic rings. The van der Waals surface area contributed by atoms with Crippen molar-refractivity contribution in [1.82, 2.24) is 0 Å². The fraction of sp³-hybridized carbons (Fsp3) is 0.143. The zero-order chi connectivity index (χ0) is 13.8. The third-order valence-electron chi connectivity index (χ3n) is 2.58. The predicted octanol–water partition coefficient (Wildman–Crippen LogP) is 4.20. The summed E-state index contributed by atoms with van der Waals surface area (Å²) in [5, 5.41) is 9.69. The number of ether oxygens (including phenoxy) is 1. The van der Waals surface area contributed by atoms with Crippen LogP contribution in [-0.2, 0) is 13.2 Å². The number of benzene rings is 2. The summed E-state index contributed by atoms with van der Waals surface area (Å²) in [6, 6.07) is 9.13. The minimum absolute atomic E-state index is 0.0796. The summed E-state index contributed by atoms with van der Waals surface area (Å²) >= 11 is 11.9. The van der Waals surface area contributed by atoms with Crippen molar-refractivity contribution in [3.05, 3.63) is 63.4 Å². The first-order valence-electron chi connectivity index (χ1n) is 5.56. The molecule has 0 radical (unpaired) electrons. The molecular weight excluding hydrogens is 290 g/mol. The maximum Gasteiger partial charge on any atom is 0.138 e. The normalized spacial score (nSPS) is 10.5. The quantitative estimate of drug-likeness (QED) is 0.917. The first-order chi connectivity index (χ1) is 9.10. The lowest BCUT2D eigenvalue weighted by Gasteiger charge is -2.10. The molecular formula is C14H11Cl2FO2.